The monoisotopic (exact) mass is 298 g/mol. The predicted octanol–water partition coefficient (Wildman–Crippen LogP) is 3.72. The minimum Gasteiger partial charge on any atom is -0.492 e. The van der Waals surface area contributed by atoms with Crippen molar-refractivity contribution in [2.24, 2.45) is 5.92 Å². The Labute approximate surface area is 109 Å². The summed E-state index contributed by atoms with van der Waals surface area (Å²) in [5.41, 5.74) is 0.259. The average Bonchev–Trinajstić information content (AvgIpc) is 2.80. The van der Waals surface area contributed by atoms with E-state index in [-0.39, 0.29) is 5.56 Å². The number of rotatable bonds is 4. The highest BCUT2D eigenvalue weighted by atomic mass is 79.9. The van der Waals surface area contributed by atoms with Crippen LogP contribution in [0.4, 0.5) is 0 Å². The fourth-order valence-electron chi connectivity index (χ4n) is 2.13. The number of carboxylic acid groups (broad SMARTS) is 1. The lowest BCUT2D eigenvalue weighted by Gasteiger charge is -2.13. The Kier molecular flexibility index (Phi) is 4.05. The lowest BCUT2D eigenvalue weighted by atomic mass is 10.1. The third-order valence-electron chi connectivity index (χ3n) is 3.13. The maximum absolute atomic E-state index is 10.9. The minimum atomic E-state index is -0.928. The van der Waals surface area contributed by atoms with Crippen molar-refractivity contribution in [2.45, 2.75) is 25.7 Å². The lowest BCUT2D eigenvalue weighted by Crippen LogP contribution is -2.09. The molecule has 1 aromatic carbocycles. The summed E-state index contributed by atoms with van der Waals surface area (Å²) in [7, 11) is 0. The van der Waals surface area contributed by atoms with Crippen molar-refractivity contribution < 1.29 is 14.6 Å². The Morgan fingerprint density at radius 3 is 2.76 bits per heavy atom. The molecule has 1 aliphatic carbocycles. The molecule has 0 radical (unpaired) electrons. The number of carbonyl (C=O) groups is 1. The molecule has 17 heavy (non-hydrogen) atoms. The molecule has 92 valence electrons. The van der Waals surface area contributed by atoms with Gasteiger partial charge in [-0.2, -0.15) is 0 Å². The van der Waals surface area contributed by atoms with Crippen LogP contribution in [0, 0.1) is 5.92 Å². The second-order valence-corrected chi connectivity index (χ2v) is 5.27. The summed E-state index contributed by atoms with van der Waals surface area (Å²) >= 11 is 3.37. The van der Waals surface area contributed by atoms with Gasteiger partial charge in [-0.25, -0.2) is 4.79 Å². The molecule has 1 N–H and O–H groups in total. The van der Waals surface area contributed by atoms with Gasteiger partial charge >= 0.3 is 5.97 Å². The Morgan fingerprint density at radius 1 is 1.41 bits per heavy atom. The molecule has 0 aromatic heterocycles. The van der Waals surface area contributed by atoms with Gasteiger partial charge in [0.2, 0.25) is 0 Å². The van der Waals surface area contributed by atoms with Crippen LogP contribution in [0.3, 0.4) is 0 Å². The van der Waals surface area contributed by atoms with Crippen LogP contribution in [0.5, 0.6) is 5.75 Å². The third kappa shape index (κ3) is 3.22. The molecular formula is C13H15BrO3. The van der Waals surface area contributed by atoms with Crippen molar-refractivity contribution in [2.75, 3.05) is 6.61 Å². The summed E-state index contributed by atoms with van der Waals surface area (Å²) in [5.74, 6) is 0.315. The molecule has 4 heteroatoms. The van der Waals surface area contributed by atoms with Crippen LogP contribution in [0.2, 0.25) is 0 Å². The first-order chi connectivity index (χ1) is 8.16. The largest absolute Gasteiger partial charge is 0.492 e. The highest BCUT2D eigenvalue weighted by Crippen LogP contribution is 2.29. The number of hydrogen-bond donors (Lipinski definition) is 1. The molecule has 0 heterocycles. The molecular weight excluding hydrogens is 284 g/mol. The van der Waals surface area contributed by atoms with Crippen LogP contribution in [0.15, 0.2) is 22.7 Å². The molecule has 0 saturated heterocycles. The van der Waals surface area contributed by atoms with Gasteiger partial charge in [-0.15, -0.1) is 0 Å². The zero-order valence-electron chi connectivity index (χ0n) is 9.49. The summed E-state index contributed by atoms with van der Waals surface area (Å²) in [5, 5.41) is 8.91. The second kappa shape index (κ2) is 5.54. The Balaban J connectivity index is 2.03. The van der Waals surface area contributed by atoms with E-state index in [9.17, 15) is 4.79 Å². The summed E-state index contributed by atoms with van der Waals surface area (Å²) in [6.07, 6.45) is 5.00. The van der Waals surface area contributed by atoms with Gasteiger partial charge in [0.25, 0.3) is 0 Å². The molecule has 2 rings (SSSR count). The highest BCUT2D eigenvalue weighted by molar-refractivity contribution is 9.10. The SMILES string of the molecule is O=C(O)c1ccc(Br)c(OCC2CCCC2)c1. The molecule has 1 aromatic rings. The van der Waals surface area contributed by atoms with E-state index in [0.717, 1.165) is 4.47 Å². The second-order valence-electron chi connectivity index (χ2n) is 4.41. The first-order valence-electron chi connectivity index (χ1n) is 5.82. The van der Waals surface area contributed by atoms with Crippen LogP contribution in [-0.2, 0) is 0 Å². The molecule has 1 fully saturated rings. The van der Waals surface area contributed by atoms with Gasteiger partial charge in [-0.1, -0.05) is 12.8 Å². The summed E-state index contributed by atoms with van der Waals surface area (Å²) in [6, 6.07) is 4.85. The van der Waals surface area contributed by atoms with Gasteiger partial charge in [0.1, 0.15) is 5.75 Å². The van der Waals surface area contributed by atoms with Crippen LogP contribution in [0.1, 0.15) is 36.0 Å². The number of carboxylic acids is 1. The molecule has 3 nitrogen and oxygen atoms in total. The maximum atomic E-state index is 10.9. The first kappa shape index (κ1) is 12.4. The lowest BCUT2D eigenvalue weighted by molar-refractivity contribution is 0.0696. The third-order valence-corrected chi connectivity index (χ3v) is 3.78. The number of ether oxygens (including phenoxy) is 1. The Hall–Kier alpha value is -1.03. The first-order valence-corrected chi connectivity index (χ1v) is 6.62. The smallest absolute Gasteiger partial charge is 0.335 e. The van der Waals surface area contributed by atoms with Crippen molar-refractivity contribution in [1.82, 2.24) is 0 Å². The van der Waals surface area contributed by atoms with Gasteiger partial charge in [0.05, 0.1) is 16.6 Å². The van der Waals surface area contributed by atoms with Crippen molar-refractivity contribution in [1.29, 1.82) is 0 Å². The molecule has 0 spiro atoms. The summed E-state index contributed by atoms with van der Waals surface area (Å²) < 4.78 is 6.51. The van der Waals surface area contributed by atoms with Gasteiger partial charge in [-0.3, -0.25) is 0 Å². The van der Waals surface area contributed by atoms with Gasteiger partial charge in [0, 0.05) is 0 Å². The predicted molar refractivity (Wildman–Crippen MR) is 68.6 cm³/mol. The normalized spacial score (nSPS) is 16.1. The molecule has 0 bridgehead atoms. The molecule has 0 amide bonds. The quantitative estimate of drug-likeness (QED) is 0.921. The zero-order valence-corrected chi connectivity index (χ0v) is 11.1. The average molecular weight is 299 g/mol. The molecule has 1 aliphatic rings. The van der Waals surface area contributed by atoms with Crippen LogP contribution in [0.25, 0.3) is 0 Å². The molecule has 0 unspecified atom stereocenters. The van der Waals surface area contributed by atoms with E-state index >= 15 is 0 Å². The number of aromatic carboxylic acids is 1. The highest BCUT2D eigenvalue weighted by Gasteiger charge is 2.16. The van der Waals surface area contributed by atoms with E-state index in [4.69, 9.17) is 9.84 Å². The van der Waals surface area contributed by atoms with E-state index in [0.29, 0.717) is 18.3 Å². The van der Waals surface area contributed by atoms with Crippen molar-refractivity contribution >= 4 is 21.9 Å². The number of benzene rings is 1. The number of hydrogen-bond acceptors (Lipinski definition) is 2. The maximum Gasteiger partial charge on any atom is 0.335 e. The van der Waals surface area contributed by atoms with Crippen molar-refractivity contribution in [3.8, 4) is 5.75 Å². The Bertz CT molecular complexity index is 411. The summed E-state index contributed by atoms with van der Waals surface area (Å²) in [6.45, 7) is 0.682. The Morgan fingerprint density at radius 2 is 2.12 bits per heavy atom. The van der Waals surface area contributed by atoms with E-state index in [1.165, 1.54) is 25.7 Å². The van der Waals surface area contributed by atoms with Crippen LogP contribution < -0.4 is 4.74 Å². The molecule has 1 saturated carbocycles. The molecule has 0 atom stereocenters. The fraction of sp³-hybridized carbons (Fsp3) is 0.462. The minimum absolute atomic E-state index is 0.259. The number of halogens is 1. The van der Waals surface area contributed by atoms with Crippen LogP contribution >= 0.6 is 15.9 Å². The fourth-order valence-corrected chi connectivity index (χ4v) is 2.49. The van der Waals surface area contributed by atoms with E-state index in [1.807, 2.05) is 0 Å². The topological polar surface area (TPSA) is 46.5 Å². The van der Waals surface area contributed by atoms with E-state index < -0.39 is 5.97 Å². The standard InChI is InChI=1S/C13H15BrO3/c14-11-6-5-10(13(15)16)7-12(11)17-8-9-3-1-2-4-9/h5-7,9H,1-4,8H2,(H,15,16). The van der Waals surface area contributed by atoms with Crippen LogP contribution in [-0.4, -0.2) is 17.7 Å². The molecule has 0 aliphatic heterocycles. The van der Waals surface area contributed by atoms with E-state index in [2.05, 4.69) is 15.9 Å². The van der Waals surface area contributed by atoms with E-state index in [1.54, 1.807) is 18.2 Å². The van der Waals surface area contributed by atoms with Gasteiger partial charge in [-0.05, 0) is 52.9 Å². The van der Waals surface area contributed by atoms with Crippen molar-refractivity contribution in [3.05, 3.63) is 28.2 Å². The van der Waals surface area contributed by atoms with Crippen molar-refractivity contribution in [3.63, 3.8) is 0 Å². The zero-order chi connectivity index (χ0) is 12.3. The van der Waals surface area contributed by atoms with Gasteiger partial charge < -0.3 is 9.84 Å². The van der Waals surface area contributed by atoms with Gasteiger partial charge in [0.15, 0.2) is 0 Å². The summed E-state index contributed by atoms with van der Waals surface area (Å²) in [4.78, 5) is 10.9.